The molecule has 3 heterocycles. The average Bonchev–Trinajstić information content (AvgIpc) is 3.68. The maximum atomic E-state index is 13.7. The van der Waals surface area contributed by atoms with Crippen LogP contribution < -0.4 is 9.47 Å². The van der Waals surface area contributed by atoms with Crippen LogP contribution in [0.2, 0.25) is 0 Å². The first-order chi connectivity index (χ1) is 19.9. The van der Waals surface area contributed by atoms with E-state index in [9.17, 15) is 19.5 Å². The molecule has 0 bridgehead atoms. The molecule has 0 unspecified atom stereocenters. The molecule has 1 saturated heterocycles. The summed E-state index contributed by atoms with van der Waals surface area (Å²) in [5.74, 6) is 1.02. The zero-order chi connectivity index (χ0) is 28.5. The van der Waals surface area contributed by atoms with Gasteiger partial charge in [-0.1, -0.05) is 25.5 Å². The van der Waals surface area contributed by atoms with Gasteiger partial charge in [0.15, 0.2) is 11.5 Å². The Balaban J connectivity index is 1.37. The molecule has 1 N–H and O–H groups in total. The molecule has 8 nitrogen and oxygen atoms in total. The van der Waals surface area contributed by atoms with Crippen LogP contribution in [0.4, 0.5) is 0 Å². The van der Waals surface area contributed by atoms with Gasteiger partial charge in [-0.05, 0) is 82.2 Å². The second kappa shape index (κ2) is 9.66. The third-order valence-corrected chi connectivity index (χ3v) is 10.5. The van der Waals surface area contributed by atoms with E-state index in [0.717, 1.165) is 32.2 Å². The highest BCUT2D eigenvalue weighted by molar-refractivity contribution is 6.21. The predicted molar refractivity (Wildman–Crippen MR) is 152 cm³/mol. The highest BCUT2D eigenvalue weighted by Crippen LogP contribution is 2.63. The molecule has 7 rings (SSSR count). The van der Waals surface area contributed by atoms with Crippen LogP contribution in [0.3, 0.4) is 0 Å². The Labute approximate surface area is 240 Å². The zero-order valence-electron chi connectivity index (χ0n) is 23.8. The Morgan fingerprint density at radius 2 is 1.80 bits per heavy atom. The van der Waals surface area contributed by atoms with Crippen molar-refractivity contribution in [1.29, 1.82) is 0 Å². The number of hydrogen-bond donors (Lipinski definition) is 1. The lowest BCUT2D eigenvalue weighted by Gasteiger charge is -2.61. The van der Waals surface area contributed by atoms with E-state index in [1.54, 1.807) is 36.4 Å². The summed E-state index contributed by atoms with van der Waals surface area (Å²) in [6, 6.07) is 9.67. The van der Waals surface area contributed by atoms with Crippen LogP contribution in [0.1, 0.15) is 95.4 Å². The number of aliphatic hydroxyl groups is 1. The average molecular weight is 559 g/mol. The maximum absolute atomic E-state index is 13.7. The predicted octanol–water partition coefficient (Wildman–Crippen LogP) is 4.37. The van der Waals surface area contributed by atoms with Gasteiger partial charge in [-0.25, -0.2) is 0 Å². The van der Waals surface area contributed by atoms with E-state index < -0.39 is 23.2 Å². The Bertz CT molecular complexity index is 1390. The largest absolute Gasteiger partial charge is 0.490 e. The summed E-state index contributed by atoms with van der Waals surface area (Å²) in [6.07, 6.45) is 5.75. The lowest BCUT2D eigenvalue weighted by Crippen LogP contribution is -2.76. The number of piperidine rings is 1. The van der Waals surface area contributed by atoms with Crippen molar-refractivity contribution < 1.29 is 29.0 Å². The Morgan fingerprint density at radius 1 is 1.07 bits per heavy atom. The second-order valence-electron chi connectivity index (χ2n) is 12.6. The number of imide groups is 1. The summed E-state index contributed by atoms with van der Waals surface area (Å²) < 4.78 is 13.0. The summed E-state index contributed by atoms with van der Waals surface area (Å²) in [5.41, 5.74) is -0.283. The minimum atomic E-state index is -1.23. The van der Waals surface area contributed by atoms with Crippen molar-refractivity contribution in [2.75, 3.05) is 19.7 Å². The van der Waals surface area contributed by atoms with Crippen LogP contribution in [0.15, 0.2) is 36.4 Å². The van der Waals surface area contributed by atoms with Gasteiger partial charge in [-0.2, -0.15) is 0 Å². The zero-order valence-corrected chi connectivity index (χ0v) is 23.8. The molecule has 2 saturated carbocycles. The normalized spacial score (nSPS) is 32.2. The number of unbranched alkanes of at least 4 members (excludes halogenated alkanes) is 1. The van der Waals surface area contributed by atoms with E-state index in [4.69, 9.17) is 9.47 Å². The number of ether oxygens (including phenoxy) is 2. The SMILES string of the molecule is CCCCOc1ccc(C=O)c2c1O[C@H]1[C@H](N3C(=O)c4ccccc4C3=O)CC[C@@]3(O)[C@@H](C)N(CC4CC4)CC[C@]213. The molecule has 5 atom stereocenters. The standard InChI is InChI=1S/C33H38N2O6/c1-3-4-17-40-26-12-11-22(19-36)27-28(26)41-29-25(35-30(37)23-7-5-6-8-24(23)31(35)38)13-14-33(39)20(2)34(18-21-9-10-21)16-15-32(27,29)33/h5-8,11-12,19-21,25,29,39H,3-4,9-10,13-18H2,1-2H3/t20-,25-,29+,32+,33-/m1/s1. The number of hydrogen-bond acceptors (Lipinski definition) is 7. The molecule has 0 radical (unpaired) electrons. The quantitative estimate of drug-likeness (QED) is 0.292. The van der Waals surface area contributed by atoms with Crippen LogP contribution in [0, 0.1) is 5.92 Å². The van der Waals surface area contributed by atoms with Crippen molar-refractivity contribution >= 4 is 18.1 Å². The van der Waals surface area contributed by atoms with Gasteiger partial charge in [0.2, 0.25) is 0 Å². The smallest absolute Gasteiger partial charge is 0.261 e. The number of carbonyl (C=O) groups excluding carboxylic acids is 3. The molecule has 5 aliphatic rings. The first kappa shape index (κ1) is 26.7. The Morgan fingerprint density at radius 3 is 2.46 bits per heavy atom. The molecule has 8 heteroatoms. The van der Waals surface area contributed by atoms with Crippen LogP contribution in [0.5, 0.6) is 11.5 Å². The van der Waals surface area contributed by atoms with Crippen LogP contribution in [0.25, 0.3) is 0 Å². The fourth-order valence-electron chi connectivity index (χ4n) is 8.21. The molecule has 2 aromatic rings. The molecule has 3 aliphatic heterocycles. The number of aldehydes is 1. The molecule has 0 aromatic heterocycles. The Kier molecular flexibility index (Phi) is 6.28. The number of nitrogens with zero attached hydrogens (tertiary/aromatic N) is 2. The molecular formula is C33H38N2O6. The molecule has 2 aromatic carbocycles. The van der Waals surface area contributed by atoms with Crippen molar-refractivity contribution in [2.24, 2.45) is 5.92 Å². The van der Waals surface area contributed by atoms with Crippen molar-refractivity contribution in [3.8, 4) is 11.5 Å². The highest BCUT2D eigenvalue weighted by Gasteiger charge is 2.72. The van der Waals surface area contributed by atoms with E-state index in [2.05, 4.69) is 18.7 Å². The first-order valence-electron chi connectivity index (χ1n) is 15.2. The fraction of sp³-hybridized carbons (Fsp3) is 0.545. The molecule has 216 valence electrons. The highest BCUT2D eigenvalue weighted by atomic mass is 16.5. The van der Waals surface area contributed by atoms with E-state index in [0.29, 0.717) is 65.5 Å². The fourth-order valence-corrected chi connectivity index (χ4v) is 8.21. The van der Waals surface area contributed by atoms with Gasteiger partial charge < -0.3 is 14.6 Å². The number of carbonyl (C=O) groups is 3. The van der Waals surface area contributed by atoms with Crippen LogP contribution >= 0.6 is 0 Å². The summed E-state index contributed by atoms with van der Waals surface area (Å²) in [4.78, 5) is 43.8. The number of likely N-dealkylation sites (tertiary alicyclic amines) is 1. The monoisotopic (exact) mass is 558 g/mol. The number of amides is 2. The van der Waals surface area contributed by atoms with Crippen LogP contribution in [-0.4, -0.2) is 76.5 Å². The molecule has 1 spiro atoms. The molecule has 41 heavy (non-hydrogen) atoms. The summed E-state index contributed by atoms with van der Waals surface area (Å²) in [5, 5.41) is 12.9. The van der Waals surface area contributed by atoms with Crippen molar-refractivity contribution in [3.05, 3.63) is 58.7 Å². The van der Waals surface area contributed by atoms with Gasteiger partial charge in [-0.15, -0.1) is 0 Å². The second-order valence-corrected chi connectivity index (χ2v) is 12.6. The summed E-state index contributed by atoms with van der Waals surface area (Å²) >= 11 is 0. The minimum Gasteiger partial charge on any atom is -0.490 e. The van der Waals surface area contributed by atoms with Gasteiger partial charge in [0.05, 0.1) is 34.8 Å². The first-order valence-corrected chi connectivity index (χ1v) is 15.2. The third kappa shape index (κ3) is 3.69. The summed E-state index contributed by atoms with van der Waals surface area (Å²) in [7, 11) is 0. The van der Waals surface area contributed by atoms with Crippen LogP contribution in [-0.2, 0) is 5.41 Å². The minimum absolute atomic E-state index is 0.193. The number of rotatable bonds is 8. The number of benzene rings is 2. The molecule has 2 amide bonds. The van der Waals surface area contributed by atoms with Gasteiger partial charge in [-0.3, -0.25) is 24.2 Å². The third-order valence-electron chi connectivity index (χ3n) is 10.5. The lowest BCUT2D eigenvalue weighted by molar-refractivity contribution is -0.187. The van der Waals surface area contributed by atoms with E-state index in [-0.39, 0.29) is 17.9 Å². The van der Waals surface area contributed by atoms with E-state index in [1.807, 2.05) is 0 Å². The molecular weight excluding hydrogens is 520 g/mol. The molecule has 3 fully saturated rings. The number of fused-ring (bicyclic) bond motifs is 2. The van der Waals surface area contributed by atoms with Gasteiger partial charge in [0.25, 0.3) is 11.8 Å². The van der Waals surface area contributed by atoms with Gasteiger partial charge in [0.1, 0.15) is 12.4 Å². The lowest BCUT2D eigenvalue weighted by atomic mass is 9.51. The van der Waals surface area contributed by atoms with E-state index in [1.165, 1.54) is 17.7 Å². The maximum Gasteiger partial charge on any atom is 0.261 e. The van der Waals surface area contributed by atoms with Crippen molar-refractivity contribution in [1.82, 2.24) is 9.80 Å². The molecule has 2 aliphatic carbocycles. The summed E-state index contributed by atoms with van der Waals surface area (Å²) in [6.45, 7) is 6.36. The Hall–Kier alpha value is -3.23. The van der Waals surface area contributed by atoms with Gasteiger partial charge in [0, 0.05) is 23.7 Å². The van der Waals surface area contributed by atoms with E-state index >= 15 is 0 Å². The van der Waals surface area contributed by atoms with Crippen molar-refractivity contribution in [2.45, 2.75) is 88.0 Å². The van der Waals surface area contributed by atoms with Crippen molar-refractivity contribution in [3.63, 3.8) is 0 Å². The topological polar surface area (TPSA) is 96.4 Å². The van der Waals surface area contributed by atoms with Gasteiger partial charge >= 0.3 is 0 Å².